The summed E-state index contributed by atoms with van der Waals surface area (Å²) >= 11 is 0. The molecule has 25 rings (SSSR count). The van der Waals surface area contributed by atoms with Crippen LogP contribution in [0.2, 0.25) is 0 Å². The lowest BCUT2D eigenvalue weighted by molar-refractivity contribution is 0.105. The minimum Gasteiger partial charge on any atom is -0.504 e. The average Bonchev–Trinajstić information content (AvgIpc) is 1.05. The Morgan fingerprint density at radius 2 is 0.538 bits per heavy atom. The molecule has 12 aromatic rings. The van der Waals surface area contributed by atoms with Gasteiger partial charge in [0.1, 0.15) is 28.7 Å². The lowest BCUT2D eigenvalue weighted by Crippen LogP contribution is -2.45. The van der Waals surface area contributed by atoms with Crippen LogP contribution in [0, 0.1) is 34.6 Å². The number of hydrogen-bond acceptors (Lipinski definition) is 21. The molecule has 13 aliphatic rings. The average molecular weight is 1930 g/mol. The molecule has 143 heavy (non-hydrogen) atoms. The van der Waals surface area contributed by atoms with Crippen LogP contribution in [0.5, 0.6) is 86.2 Å². The molecule has 21 heteroatoms. The van der Waals surface area contributed by atoms with Gasteiger partial charge in [-0.25, -0.2) is 0 Å². The summed E-state index contributed by atoms with van der Waals surface area (Å²) in [5.74, 6) is 12.3. The summed E-state index contributed by atoms with van der Waals surface area (Å²) in [5, 5.41) is 10.2. The summed E-state index contributed by atoms with van der Waals surface area (Å²) in [4.78, 5) is 15.6. The highest BCUT2D eigenvalue weighted by Crippen LogP contribution is 2.53. The molecule has 0 spiro atoms. The lowest BCUT2D eigenvalue weighted by Gasteiger charge is -2.46. The number of fused-ring (bicyclic) bond motifs is 25. The molecule has 0 bridgehead atoms. The SMILES string of the molecule is COc1cc2c(cc1OC)[C@@H]1Cc3cc(C)cc(C)c3CN1[C@@H](C)C2.COc1cc2c(cc1OC)[C@@H]1Cc3cc(C)cc(C)c3CN1[C@H](C)C2.COc1ccc2c(c1)C[C@H]1c3cc(C)c(OC)cc3CCN1C2.COc1ccc2c(c1)C[C@H]1c3cc(O)c(OC)cc3CCN1C2.COc1ccc2c(c1)C[C@H]1c3cc(OC)c(OC)cc3CCN1C2.COc1ccc2c(c1)C[C@H]1c3cc4c(cc3CCN1C2)OCO4. The Hall–Kier alpha value is -12.6. The summed E-state index contributed by atoms with van der Waals surface area (Å²) in [5.41, 5.74) is 40.7. The molecule has 0 aliphatic carbocycles. The third kappa shape index (κ3) is 19.4. The number of nitrogens with zero attached hydrogens (tertiary/aromatic N) is 6. The summed E-state index contributed by atoms with van der Waals surface area (Å²) in [6.45, 7) is 26.5. The molecule has 0 saturated carbocycles. The number of methoxy groups -OCH3 is 12. The molecule has 748 valence electrons. The summed E-state index contributed by atoms with van der Waals surface area (Å²) in [6, 6.07) is 64.5. The smallest absolute Gasteiger partial charge is 0.231 e. The molecule has 0 radical (unpaired) electrons. The number of phenols is 1. The van der Waals surface area contributed by atoms with E-state index < -0.39 is 0 Å². The van der Waals surface area contributed by atoms with Crippen LogP contribution in [0.3, 0.4) is 0 Å². The molecule has 1 N–H and O–H groups in total. The normalized spacial score (nSPS) is 20.6. The highest BCUT2D eigenvalue weighted by Gasteiger charge is 2.43. The second kappa shape index (κ2) is 41.6. The number of rotatable bonds is 12. The van der Waals surface area contributed by atoms with Gasteiger partial charge in [-0.1, -0.05) is 65.7 Å². The molecule has 0 unspecified atom stereocenters. The second-order valence-corrected chi connectivity index (χ2v) is 41.0. The molecule has 0 amide bonds. The fraction of sp³-hybridized carbons (Fsp3) is 0.410. The molecule has 8 atom stereocenters. The van der Waals surface area contributed by atoms with Gasteiger partial charge in [-0.05, 0) is 391 Å². The first kappa shape index (κ1) is 97.8. The molecule has 0 fully saturated rings. The minimum absolute atomic E-state index is 0.226. The number of benzene rings is 12. The van der Waals surface area contributed by atoms with Crippen molar-refractivity contribution in [3.8, 4) is 86.2 Å². The predicted octanol–water partition coefficient (Wildman–Crippen LogP) is 21.9. The standard InChI is InChI=1S/2C22H27NO2.C20H23NO3.C20H23NO2.C19H19NO3.C19H21NO3/c2*1-13-6-14(2)19-12-23-15(3)8-17-10-21(24-4)22(25-5)11-18(17)20(23)9-16(19)7-13;1-22-16-5-4-14-12-21-7-6-13-10-19(23-2)20(24-3)11-17(13)18(21)9-15(14)8-16;1-13-8-18-14(11-20(13)23-3)6-7-21-12-15-4-5-17(22-2)9-16(15)10-19(18)21;1-21-15-3-2-13-10-20-5-4-12-8-18-19(23-11-22-18)9-16(12)17(20)7-14(13)6-15;1-22-15-4-3-13-11-20-6-5-12-9-19(23-2)18(21)10-16(12)17(20)8-14(13)7-15/h2*6-7,10-11,15,20H,8-9,12H2,1-5H3;4-5,8,10-11,18H,6-7,9,12H2,1-3H3;4-5,8-9,11,19H,6-7,10,12H2,1-3H3;2-3,6,8-9,17H,4-5,7,10-11H2,1H3;3-4,7,9-10,17,21H,5-6,8,11H2,1-2H3/t15-,20+;15-,20-;18-;19-;2*17-/m100000/s1. The summed E-state index contributed by atoms with van der Waals surface area (Å²) in [7, 11) is 20.5. The molecule has 12 aromatic carbocycles. The highest BCUT2D eigenvalue weighted by atomic mass is 16.7. The summed E-state index contributed by atoms with van der Waals surface area (Å²) in [6.07, 6.45) is 12.5. The minimum atomic E-state index is 0.226. The second-order valence-electron chi connectivity index (χ2n) is 41.0. The van der Waals surface area contributed by atoms with Crippen molar-refractivity contribution < 1.29 is 71.4 Å². The fourth-order valence-corrected chi connectivity index (χ4v) is 25.4. The van der Waals surface area contributed by atoms with Gasteiger partial charge in [0.25, 0.3) is 0 Å². The molecule has 21 nitrogen and oxygen atoms in total. The third-order valence-corrected chi connectivity index (χ3v) is 32.9. The van der Waals surface area contributed by atoms with Crippen LogP contribution < -0.4 is 66.3 Å². The maximum atomic E-state index is 10.2. The first-order chi connectivity index (χ1) is 69.4. The van der Waals surface area contributed by atoms with E-state index in [0.29, 0.717) is 60.9 Å². The van der Waals surface area contributed by atoms with Gasteiger partial charge in [-0.2, -0.15) is 0 Å². The van der Waals surface area contributed by atoms with E-state index in [9.17, 15) is 5.11 Å². The quantitative estimate of drug-likeness (QED) is 0.122. The van der Waals surface area contributed by atoms with E-state index in [1.165, 1.54) is 161 Å². The van der Waals surface area contributed by atoms with Crippen LogP contribution in [-0.4, -0.2) is 165 Å². The number of phenolic OH excluding ortho intramolecular Hbond substituents is 1. The maximum Gasteiger partial charge on any atom is 0.231 e. The zero-order chi connectivity index (χ0) is 99.4. The van der Waals surface area contributed by atoms with Crippen molar-refractivity contribution in [2.45, 2.75) is 213 Å². The van der Waals surface area contributed by atoms with Crippen molar-refractivity contribution in [2.75, 3.05) is 118 Å². The van der Waals surface area contributed by atoms with Crippen molar-refractivity contribution >= 4 is 0 Å². The van der Waals surface area contributed by atoms with E-state index in [4.69, 9.17) is 66.3 Å². The Balaban J connectivity index is 0.000000105. The topological polar surface area (TPSA) is 169 Å². The van der Waals surface area contributed by atoms with Gasteiger partial charge >= 0.3 is 0 Å². The molecule has 0 saturated heterocycles. The van der Waals surface area contributed by atoms with E-state index >= 15 is 0 Å². The number of aryl methyl sites for hydroxylation is 5. The van der Waals surface area contributed by atoms with Gasteiger partial charge in [-0.3, -0.25) is 29.4 Å². The highest BCUT2D eigenvalue weighted by molar-refractivity contribution is 5.59. The molecule has 0 aromatic heterocycles. The van der Waals surface area contributed by atoms with Crippen molar-refractivity contribution in [2.24, 2.45) is 0 Å². The monoisotopic (exact) mass is 1930 g/mol. The number of ether oxygens (including phenoxy) is 14. The van der Waals surface area contributed by atoms with Crippen molar-refractivity contribution in [1.82, 2.24) is 29.4 Å². The maximum absolute atomic E-state index is 10.2. The zero-order valence-corrected chi connectivity index (χ0v) is 86.9. The first-order valence-corrected chi connectivity index (χ1v) is 51.0. The van der Waals surface area contributed by atoms with E-state index in [1.807, 2.05) is 18.2 Å². The third-order valence-electron chi connectivity index (χ3n) is 32.9. The van der Waals surface area contributed by atoms with E-state index in [0.717, 1.165) is 217 Å². The van der Waals surface area contributed by atoms with Crippen LogP contribution in [0.25, 0.3) is 0 Å². The molecule has 13 heterocycles. The van der Waals surface area contributed by atoms with Crippen molar-refractivity contribution in [1.29, 1.82) is 0 Å². The van der Waals surface area contributed by atoms with Gasteiger partial charge in [0, 0.05) is 114 Å². The van der Waals surface area contributed by atoms with Gasteiger partial charge < -0.3 is 71.4 Å². The van der Waals surface area contributed by atoms with Gasteiger partial charge in [-0.15, -0.1) is 0 Å². The Kier molecular flexibility index (Phi) is 28.5. The molecule has 13 aliphatic heterocycles. The van der Waals surface area contributed by atoms with Crippen LogP contribution >= 0.6 is 0 Å². The number of aromatic hydroxyl groups is 1. The van der Waals surface area contributed by atoms with E-state index in [1.54, 1.807) is 85.3 Å². The Morgan fingerprint density at radius 1 is 0.245 bits per heavy atom. The molecular weight excluding hydrogens is 1790 g/mol. The van der Waals surface area contributed by atoms with Gasteiger partial charge in [0.05, 0.1) is 85.3 Å². The van der Waals surface area contributed by atoms with Crippen molar-refractivity contribution in [3.05, 3.63) is 331 Å². The van der Waals surface area contributed by atoms with E-state index in [-0.39, 0.29) is 5.75 Å². The van der Waals surface area contributed by atoms with Gasteiger partial charge in [0.2, 0.25) is 6.79 Å². The molecular formula is C122H140N6O15. The Labute approximate surface area is 844 Å². The van der Waals surface area contributed by atoms with Crippen LogP contribution in [0.15, 0.2) is 170 Å². The Bertz CT molecular complexity index is 6510. The van der Waals surface area contributed by atoms with Crippen LogP contribution in [0.4, 0.5) is 0 Å². The van der Waals surface area contributed by atoms with E-state index in [2.05, 4.69) is 230 Å². The van der Waals surface area contributed by atoms with Gasteiger partial charge in [0.15, 0.2) is 57.5 Å². The van der Waals surface area contributed by atoms with Crippen LogP contribution in [0.1, 0.15) is 211 Å². The van der Waals surface area contributed by atoms with Crippen LogP contribution in [-0.2, 0) is 116 Å². The summed E-state index contributed by atoms with van der Waals surface area (Å²) < 4.78 is 76.6. The largest absolute Gasteiger partial charge is 0.504 e. The number of hydrogen-bond donors (Lipinski definition) is 1. The van der Waals surface area contributed by atoms with Crippen molar-refractivity contribution in [3.63, 3.8) is 0 Å². The Morgan fingerprint density at radius 3 is 0.895 bits per heavy atom. The lowest BCUT2D eigenvalue weighted by atomic mass is 9.80. The predicted molar refractivity (Wildman–Crippen MR) is 560 cm³/mol. The fourth-order valence-electron chi connectivity index (χ4n) is 25.4. The zero-order valence-electron chi connectivity index (χ0n) is 86.9. The first-order valence-electron chi connectivity index (χ1n) is 51.0.